The molecule has 2 amide bonds. The molecule has 1 aromatic heterocycles. The molecule has 1 heterocycles. The van der Waals surface area contributed by atoms with Crippen LogP contribution in [0, 0.1) is 19.3 Å². The number of nitrogens with zero attached hydrogens (tertiary/aromatic N) is 1. The van der Waals surface area contributed by atoms with E-state index >= 15 is 0 Å². The summed E-state index contributed by atoms with van der Waals surface area (Å²) in [5.41, 5.74) is 1.71. The predicted octanol–water partition coefficient (Wildman–Crippen LogP) is 10.2. The first kappa shape index (κ1) is 45.8. The lowest BCUT2D eigenvalue weighted by atomic mass is 9.87. The van der Waals surface area contributed by atoms with E-state index in [4.69, 9.17) is 4.74 Å². The first-order valence-corrected chi connectivity index (χ1v) is 20.4. The van der Waals surface area contributed by atoms with Crippen LogP contribution < -0.4 is 15.4 Å². The number of hydrogen-bond acceptors (Lipinski definition) is 6. The van der Waals surface area contributed by atoms with Crippen LogP contribution in [0.4, 0.5) is 0 Å². The average molecular weight is 760 g/mol. The summed E-state index contributed by atoms with van der Waals surface area (Å²) in [6, 6.07) is 7.65. The Balaban J connectivity index is 1.55. The van der Waals surface area contributed by atoms with Gasteiger partial charge in [-0.15, -0.1) is 11.8 Å². The van der Waals surface area contributed by atoms with Gasteiger partial charge >= 0.3 is 0 Å². The number of carbonyl (C=O) groups excluding carboxylic acids is 2. The van der Waals surface area contributed by atoms with Crippen LogP contribution in [-0.2, 0) is 16.1 Å². The molecule has 0 aliphatic rings. The van der Waals surface area contributed by atoms with Gasteiger partial charge in [-0.3, -0.25) is 14.2 Å². The minimum absolute atomic E-state index is 0.0315. The molecule has 0 unspecified atom stereocenters. The molecular formula is C45H65N3O5S. The number of amides is 2. The largest absolute Gasteiger partial charge is 0.494 e. The van der Waals surface area contributed by atoms with Crippen molar-refractivity contribution in [3.05, 3.63) is 108 Å². The molecule has 0 saturated heterocycles. The van der Waals surface area contributed by atoms with Crippen molar-refractivity contribution >= 4 is 23.6 Å². The molecule has 2 rings (SSSR count). The fourth-order valence-electron chi connectivity index (χ4n) is 5.31. The predicted molar refractivity (Wildman–Crippen MR) is 226 cm³/mol. The van der Waals surface area contributed by atoms with Gasteiger partial charge in [0.05, 0.1) is 11.5 Å². The van der Waals surface area contributed by atoms with Crippen molar-refractivity contribution in [2.24, 2.45) is 5.41 Å². The highest BCUT2D eigenvalue weighted by molar-refractivity contribution is 7.99. The van der Waals surface area contributed by atoms with Gasteiger partial charge < -0.3 is 25.6 Å². The Labute approximate surface area is 329 Å². The van der Waals surface area contributed by atoms with Crippen LogP contribution in [0.2, 0.25) is 0 Å². The normalized spacial score (nSPS) is 12.5. The quantitative estimate of drug-likeness (QED) is 0.0410. The van der Waals surface area contributed by atoms with E-state index in [2.05, 4.69) is 90.5 Å². The lowest BCUT2D eigenvalue weighted by Crippen LogP contribution is -2.38. The number of rotatable bonds is 27. The second kappa shape index (κ2) is 27.2. The molecule has 0 radical (unpaired) electrons. The van der Waals surface area contributed by atoms with Crippen LogP contribution in [0.15, 0.2) is 102 Å². The molecule has 0 aliphatic heterocycles. The Kier molecular flexibility index (Phi) is 23.1. The summed E-state index contributed by atoms with van der Waals surface area (Å²) < 4.78 is 7.32. The molecule has 8 nitrogen and oxygen atoms in total. The Morgan fingerprint density at radius 3 is 2.02 bits per heavy atom. The summed E-state index contributed by atoms with van der Waals surface area (Å²) in [5.74, 6) is 1.17. The molecule has 54 heavy (non-hydrogen) atoms. The SMILES string of the molecule is CCC=CCC=CCC=CCC=CCC=CCC=CCCC(=O)NCCn1c(O)cc(SCCNC(=O)C(C)(C)CCCOc2cc(C)ccc2C)c1O. The van der Waals surface area contributed by atoms with Crippen molar-refractivity contribution in [2.75, 3.05) is 25.4 Å². The van der Waals surface area contributed by atoms with E-state index in [9.17, 15) is 19.8 Å². The van der Waals surface area contributed by atoms with Crippen LogP contribution >= 0.6 is 11.8 Å². The number of aromatic nitrogens is 1. The molecule has 9 heteroatoms. The number of benzene rings is 1. The van der Waals surface area contributed by atoms with Crippen molar-refractivity contribution in [1.82, 2.24) is 15.2 Å². The van der Waals surface area contributed by atoms with Crippen LogP contribution in [0.25, 0.3) is 0 Å². The van der Waals surface area contributed by atoms with Gasteiger partial charge in [0, 0.05) is 43.3 Å². The smallest absolute Gasteiger partial charge is 0.225 e. The Morgan fingerprint density at radius 2 is 1.41 bits per heavy atom. The van der Waals surface area contributed by atoms with Gasteiger partial charge in [0.1, 0.15) is 5.75 Å². The third kappa shape index (κ3) is 19.6. The zero-order valence-electron chi connectivity index (χ0n) is 33.3. The van der Waals surface area contributed by atoms with Gasteiger partial charge in [0.15, 0.2) is 5.88 Å². The van der Waals surface area contributed by atoms with E-state index in [1.165, 1.54) is 22.4 Å². The van der Waals surface area contributed by atoms with Gasteiger partial charge in [0.25, 0.3) is 0 Å². The second-order valence-corrected chi connectivity index (χ2v) is 15.0. The minimum atomic E-state index is -0.545. The molecule has 0 saturated carbocycles. The van der Waals surface area contributed by atoms with Gasteiger partial charge in [-0.1, -0.05) is 106 Å². The fourth-order valence-corrected chi connectivity index (χ4v) is 6.17. The summed E-state index contributed by atoms with van der Waals surface area (Å²) in [7, 11) is 0. The van der Waals surface area contributed by atoms with E-state index < -0.39 is 5.41 Å². The Morgan fingerprint density at radius 1 is 0.815 bits per heavy atom. The maximum atomic E-state index is 12.9. The van der Waals surface area contributed by atoms with E-state index in [-0.39, 0.29) is 36.7 Å². The molecule has 296 valence electrons. The van der Waals surface area contributed by atoms with E-state index in [1.807, 2.05) is 45.9 Å². The average Bonchev–Trinajstić information content (AvgIpc) is 3.41. The third-order valence-corrected chi connectivity index (χ3v) is 9.63. The van der Waals surface area contributed by atoms with Gasteiger partial charge in [-0.25, -0.2) is 0 Å². The number of aryl methyl sites for hydroxylation is 2. The molecule has 4 N–H and O–H groups in total. The lowest BCUT2D eigenvalue weighted by Gasteiger charge is -2.23. The van der Waals surface area contributed by atoms with E-state index in [0.717, 1.165) is 61.8 Å². The second-order valence-electron chi connectivity index (χ2n) is 13.9. The van der Waals surface area contributed by atoms with Crippen LogP contribution in [-0.4, -0.2) is 52.0 Å². The highest BCUT2D eigenvalue weighted by Gasteiger charge is 2.27. The number of ether oxygens (including phenoxy) is 1. The van der Waals surface area contributed by atoms with Gasteiger partial charge in [-0.05, 0) is 88.8 Å². The zero-order valence-corrected chi connectivity index (χ0v) is 34.1. The third-order valence-electron chi connectivity index (χ3n) is 8.61. The van der Waals surface area contributed by atoms with E-state index in [0.29, 0.717) is 43.1 Å². The van der Waals surface area contributed by atoms with Crippen molar-refractivity contribution in [1.29, 1.82) is 0 Å². The van der Waals surface area contributed by atoms with Crippen molar-refractivity contribution in [3.63, 3.8) is 0 Å². The molecule has 2 aromatic rings. The number of allylic oxidation sites excluding steroid dienone is 12. The van der Waals surface area contributed by atoms with Crippen LogP contribution in [0.1, 0.15) is 96.1 Å². The molecule has 0 atom stereocenters. The molecule has 0 spiro atoms. The maximum absolute atomic E-state index is 12.9. The van der Waals surface area contributed by atoms with Crippen LogP contribution in [0.5, 0.6) is 17.5 Å². The maximum Gasteiger partial charge on any atom is 0.225 e. The monoisotopic (exact) mass is 759 g/mol. The number of thioether (sulfide) groups is 1. The first-order valence-electron chi connectivity index (χ1n) is 19.4. The Bertz CT molecular complexity index is 1580. The summed E-state index contributed by atoms with van der Waals surface area (Å²) >= 11 is 1.35. The number of carbonyl (C=O) groups is 2. The summed E-state index contributed by atoms with van der Waals surface area (Å²) in [4.78, 5) is 25.7. The molecule has 0 fully saturated rings. The van der Waals surface area contributed by atoms with Gasteiger partial charge in [0.2, 0.25) is 17.7 Å². The standard InChI is InChI=1S/C45H65N3O5S/c1-6-7-8-9-10-11-12-13-14-15-16-17-18-19-20-21-22-23-24-26-41(49)46-30-32-48-42(50)36-40(43(48)51)54-34-31-47-44(52)45(4,5)29-25-33-53-39-35-37(2)27-28-38(39)3/h7-8,10-11,13-14,16-17,19-20,22-23,27-28,35-36,50-51H,6,9,12,15,18,21,24-26,29-34H2,1-5H3,(H,46,49)(H,47,52). The first-order chi connectivity index (χ1) is 26.0. The number of nitrogens with one attached hydrogen (secondary N) is 2. The highest BCUT2D eigenvalue weighted by atomic mass is 32.2. The Hall–Kier alpha value is -4.37. The highest BCUT2D eigenvalue weighted by Crippen LogP contribution is 2.35. The minimum Gasteiger partial charge on any atom is -0.494 e. The van der Waals surface area contributed by atoms with Gasteiger partial charge in [-0.2, -0.15) is 0 Å². The zero-order chi connectivity index (χ0) is 39.4. The number of hydrogen-bond donors (Lipinski definition) is 4. The fraction of sp³-hybridized carbons (Fsp3) is 0.467. The molecule has 0 aliphatic carbocycles. The van der Waals surface area contributed by atoms with Crippen molar-refractivity contribution in [3.8, 4) is 17.5 Å². The molecule has 0 bridgehead atoms. The lowest BCUT2D eigenvalue weighted by molar-refractivity contribution is -0.129. The van der Waals surface area contributed by atoms with Crippen molar-refractivity contribution in [2.45, 2.75) is 110 Å². The van der Waals surface area contributed by atoms with Crippen LogP contribution in [0.3, 0.4) is 0 Å². The molecular weight excluding hydrogens is 695 g/mol. The summed E-state index contributed by atoms with van der Waals surface area (Å²) in [5, 5.41) is 26.9. The molecule has 1 aromatic carbocycles. The number of aromatic hydroxyl groups is 2. The summed E-state index contributed by atoms with van der Waals surface area (Å²) in [6.45, 7) is 11.6. The van der Waals surface area contributed by atoms with Crippen molar-refractivity contribution < 1.29 is 24.5 Å². The van der Waals surface area contributed by atoms with E-state index in [1.54, 1.807) is 0 Å². The summed E-state index contributed by atoms with van der Waals surface area (Å²) in [6.07, 6.45) is 34.1. The topological polar surface area (TPSA) is 113 Å².